The maximum atomic E-state index is 14.5. The van der Waals surface area contributed by atoms with Gasteiger partial charge in [0.05, 0.1) is 0 Å². The normalized spacial score (nSPS) is 16.1. The number of hydrogen-bond acceptors (Lipinski definition) is 2. The molecule has 22 heteroatoms. The first-order valence-electron chi connectivity index (χ1n) is 6.76. The second-order valence-electron chi connectivity index (χ2n) is 5.81. The molecular formula is C11H2F18O4. The van der Waals surface area contributed by atoms with Gasteiger partial charge in [-0.05, 0) is 0 Å². The highest BCUT2D eigenvalue weighted by molar-refractivity contribution is 6.03. The van der Waals surface area contributed by atoms with Crippen LogP contribution in [0, 0.1) is 5.41 Å². The minimum Gasteiger partial charge on any atom is -0.478 e. The lowest BCUT2D eigenvalue weighted by molar-refractivity contribution is -0.496. The number of rotatable bonds is 7. The Labute approximate surface area is 165 Å². The summed E-state index contributed by atoms with van der Waals surface area (Å²) in [5.41, 5.74) is -17.8. The summed E-state index contributed by atoms with van der Waals surface area (Å²) in [6.07, 6.45) is -25.6. The van der Waals surface area contributed by atoms with Crippen LogP contribution in [0.5, 0.6) is 0 Å². The van der Waals surface area contributed by atoms with Crippen molar-refractivity contribution in [2.75, 3.05) is 0 Å². The van der Waals surface area contributed by atoms with Gasteiger partial charge in [-0.1, -0.05) is 0 Å². The average Bonchev–Trinajstić information content (AvgIpc) is 2.50. The fourth-order valence-electron chi connectivity index (χ4n) is 2.49. The van der Waals surface area contributed by atoms with Crippen LogP contribution in [0.2, 0.25) is 0 Å². The predicted molar refractivity (Wildman–Crippen MR) is 59.5 cm³/mol. The zero-order valence-corrected chi connectivity index (χ0v) is 14.0. The van der Waals surface area contributed by atoms with E-state index in [9.17, 15) is 88.6 Å². The first kappa shape index (κ1) is 30.7. The van der Waals surface area contributed by atoms with Crippen molar-refractivity contribution < 1.29 is 98.8 Å². The molecule has 196 valence electrons. The molecule has 0 atom stereocenters. The van der Waals surface area contributed by atoms with E-state index in [1.807, 2.05) is 0 Å². The molecular weight excluding hydrogens is 538 g/mol. The van der Waals surface area contributed by atoms with E-state index in [1.165, 1.54) is 0 Å². The quantitative estimate of drug-likeness (QED) is 0.349. The molecule has 0 heterocycles. The molecule has 0 aliphatic carbocycles. The van der Waals surface area contributed by atoms with Gasteiger partial charge in [0, 0.05) is 0 Å². The van der Waals surface area contributed by atoms with Gasteiger partial charge in [-0.25, -0.2) is 14.0 Å². The van der Waals surface area contributed by atoms with Crippen molar-refractivity contribution in [2.45, 2.75) is 47.9 Å². The smallest absolute Gasteiger partial charge is 0.459 e. The van der Waals surface area contributed by atoms with Gasteiger partial charge in [0.15, 0.2) is 0 Å². The molecule has 0 fully saturated rings. The molecule has 0 spiro atoms. The number of aliphatic carboxylic acids is 2. The van der Waals surface area contributed by atoms with Crippen LogP contribution in [0.25, 0.3) is 0 Å². The molecule has 0 rings (SSSR count). The summed E-state index contributed by atoms with van der Waals surface area (Å²) in [5, 5.41) is 16.4. The second kappa shape index (κ2) is 7.34. The summed E-state index contributed by atoms with van der Waals surface area (Å²) in [4.78, 5) is 21.3. The van der Waals surface area contributed by atoms with Gasteiger partial charge in [-0.3, -0.25) is 0 Å². The number of carboxylic acids is 2. The van der Waals surface area contributed by atoms with Crippen molar-refractivity contribution in [3.8, 4) is 0 Å². The number of alkyl halides is 18. The van der Waals surface area contributed by atoms with E-state index in [0.717, 1.165) is 0 Å². The van der Waals surface area contributed by atoms with Crippen LogP contribution in [0.15, 0.2) is 0 Å². The molecule has 4 nitrogen and oxygen atoms in total. The molecule has 0 aromatic heterocycles. The van der Waals surface area contributed by atoms with Gasteiger partial charge in [0.1, 0.15) is 0 Å². The van der Waals surface area contributed by atoms with Crippen LogP contribution < -0.4 is 0 Å². The highest BCUT2D eigenvalue weighted by atomic mass is 19.4. The summed E-state index contributed by atoms with van der Waals surface area (Å²) in [6.45, 7) is 0. The molecule has 0 unspecified atom stereocenters. The molecule has 0 aliphatic heterocycles. The summed E-state index contributed by atoms with van der Waals surface area (Å²) in [7, 11) is 0. The van der Waals surface area contributed by atoms with E-state index >= 15 is 0 Å². The SMILES string of the molecule is O=C(O)C(F)(C(=O)O)C(C(F)(F)C(F)(F)F)(C(F)(F)C(F)(F)F)C(F)(F)C(F)(F)C(F)(F)F. The zero-order chi connectivity index (χ0) is 27.7. The minimum absolute atomic E-state index is 5.08. The Morgan fingerprint density at radius 3 is 0.758 bits per heavy atom. The molecule has 2 N–H and O–H groups in total. The van der Waals surface area contributed by atoms with Gasteiger partial charge in [0.2, 0.25) is 5.41 Å². The lowest BCUT2D eigenvalue weighted by Gasteiger charge is -2.53. The van der Waals surface area contributed by atoms with Crippen molar-refractivity contribution in [1.29, 1.82) is 0 Å². The monoisotopic (exact) mass is 540 g/mol. The van der Waals surface area contributed by atoms with Crippen LogP contribution in [0.3, 0.4) is 0 Å². The molecule has 0 radical (unpaired) electrons. The molecule has 0 aliphatic rings. The van der Waals surface area contributed by atoms with Gasteiger partial charge < -0.3 is 10.2 Å². The van der Waals surface area contributed by atoms with E-state index in [2.05, 4.69) is 0 Å². The third kappa shape index (κ3) is 3.41. The highest BCUT2D eigenvalue weighted by Gasteiger charge is 3.05. The van der Waals surface area contributed by atoms with Crippen LogP contribution in [0.1, 0.15) is 0 Å². The molecule has 0 amide bonds. The molecule has 0 bridgehead atoms. The Morgan fingerprint density at radius 1 is 0.394 bits per heavy atom. The number of carbonyl (C=O) groups is 2. The lowest BCUT2D eigenvalue weighted by atomic mass is 9.57. The van der Waals surface area contributed by atoms with Crippen molar-refractivity contribution in [2.24, 2.45) is 5.41 Å². The van der Waals surface area contributed by atoms with Gasteiger partial charge in [0.25, 0.3) is 0 Å². The van der Waals surface area contributed by atoms with Crippen molar-refractivity contribution in [1.82, 2.24) is 0 Å². The van der Waals surface area contributed by atoms with E-state index < -0.39 is 65.2 Å². The maximum absolute atomic E-state index is 14.5. The lowest BCUT2D eigenvalue weighted by Crippen LogP contribution is -2.85. The topological polar surface area (TPSA) is 74.6 Å². The Kier molecular flexibility index (Phi) is 6.82. The van der Waals surface area contributed by atoms with E-state index in [0.29, 0.717) is 0 Å². The van der Waals surface area contributed by atoms with E-state index in [-0.39, 0.29) is 0 Å². The second-order valence-corrected chi connectivity index (χ2v) is 5.81. The fourth-order valence-corrected chi connectivity index (χ4v) is 2.49. The number of halogens is 18. The van der Waals surface area contributed by atoms with Crippen LogP contribution in [-0.4, -0.2) is 70.0 Å². The van der Waals surface area contributed by atoms with Gasteiger partial charge in [-0.15, -0.1) is 0 Å². The van der Waals surface area contributed by atoms with Crippen LogP contribution in [-0.2, 0) is 9.59 Å². The fraction of sp³-hybridized carbons (Fsp3) is 0.818. The Morgan fingerprint density at radius 2 is 0.606 bits per heavy atom. The van der Waals surface area contributed by atoms with E-state index in [1.54, 1.807) is 0 Å². The van der Waals surface area contributed by atoms with Gasteiger partial charge >= 0.3 is 59.8 Å². The first-order valence-corrected chi connectivity index (χ1v) is 6.76. The van der Waals surface area contributed by atoms with Crippen LogP contribution in [0.4, 0.5) is 79.0 Å². The third-order valence-corrected chi connectivity index (χ3v) is 3.98. The first-order chi connectivity index (χ1) is 13.9. The Balaban J connectivity index is 8.82. The molecule has 0 aromatic carbocycles. The molecule has 33 heavy (non-hydrogen) atoms. The Bertz CT molecular complexity index is 747. The third-order valence-electron chi connectivity index (χ3n) is 3.98. The maximum Gasteiger partial charge on any atom is 0.459 e. The Hall–Kier alpha value is -2.32. The van der Waals surface area contributed by atoms with Crippen molar-refractivity contribution >= 4 is 11.9 Å². The molecule has 0 saturated carbocycles. The van der Waals surface area contributed by atoms with Crippen molar-refractivity contribution in [3.05, 3.63) is 0 Å². The summed E-state index contributed by atoms with van der Waals surface area (Å²) < 4.78 is 238. The highest BCUT2D eigenvalue weighted by Crippen LogP contribution is 2.74. The minimum atomic E-state index is -9.59. The summed E-state index contributed by atoms with van der Waals surface area (Å²) >= 11 is 0. The summed E-state index contributed by atoms with van der Waals surface area (Å²) in [5.74, 6) is -47.2. The van der Waals surface area contributed by atoms with E-state index in [4.69, 9.17) is 10.2 Å². The van der Waals surface area contributed by atoms with Crippen LogP contribution >= 0.6 is 0 Å². The standard InChI is InChI=1S/C11H2F18O4/c12-3(1(30)31,2(32)33)4(6(15,16)9(21,22)23,7(17,18)10(24,25)26)5(13,14)8(19,20)11(27,28)29/h(H,30,31)(H,32,33). The number of carboxylic acid groups (broad SMARTS) is 2. The van der Waals surface area contributed by atoms with Gasteiger partial charge in [-0.2, -0.15) is 74.6 Å². The predicted octanol–water partition coefficient (Wildman–Crippen LogP) is 5.08. The number of hydrogen-bond donors (Lipinski definition) is 2. The zero-order valence-electron chi connectivity index (χ0n) is 14.0. The molecule has 0 saturated heterocycles. The average molecular weight is 540 g/mol. The molecule has 0 aromatic rings. The summed E-state index contributed by atoms with van der Waals surface area (Å²) in [6, 6.07) is 0. The largest absolute Gasteiger partial charge is 0.478 e. The van der Waals surface area contributed by atoms with Crippen molar-refractivity contribution in [3.63, 3.8) is 0 Å².